The molecule has 1 aromatic carbocycles. The van der Waals surface area contributed by atoms with Crippen LogP contribution >= 0.6 is 0 Å². The quantitative estimate of drug-likeness (QED) is 0.773. The van der Waals surface area contributed by atoms with Gasteiger partial charge in [-0.1, -0.05) is 19.9 Å². The van der Waals surface area contributed by atoms with E-state index in [-0.39, 0.29) is 0 Å². The van der Waals surface area contributed by atoms with Gasteiger partial charge in [-0.2, -0.15) is 0 Å². The van der Waals surface area contributed by atoms with Gasteiger partial charge in [0, 0.05) is 29.7 Å². The van der Waals surface area contributed by atoms with Crippen LogP contribution < -0.4 is 4.74 Å². The molecule has 2 rings (SSSR count). The topological polar surface area (TPSA) is 14.2 Å². The van der Waals surface area contributed by atoms with Crippen molar-refractivity contribution in [2.45, 2.75) is 19.8 Å². The number of ether oxygens (including phenoxy) is 1. The van der Waals surface area contributed by atoms with Gasteiger partial charge in [0.1, 0.15) is 5.75 Å². The fraction of sp³-hybridized carbons (Fsp3) is 0.333. The molecule has 0 bridgehead atoms. The monoisotopic (exact) mass is 229 g/mol. The lowest BCUT2D eigenvalue weighted by molar-refractivity contribution is 0.415. The van der Waals surface area contributed by atoms with Gasteiger partial charge in [-0.15, -0.1) is 0 Å². The number of methoxy groups -OCH3 is 1. The Labute approximate surface area is 103 Å². The highest BCUT2D eigenvalue weighted by atomic mass is 16.5. The standard InChI is InChI=1S/C15H19NO/c1-5-6-11(2)14-10-16(3)15-8-7-12(17-4)9-13(14)15/h7-10H,2,5-6H2,1,3-4H3. The average molecular weight is 229 g/mol. The number of fused-ring (bicyclic) bond motifs is 1. The third-order valence-corrected chi connectivity index (χ3v) is 3.13. The van der Waals surface area contributed by atoms with Gasteiger partial charge in [0.2, 0.25) is 0 Å². The second-order valence-electron chi connectivity index (χ2n) is 4.39. The normalized spacial score (nSPS) is 10.8. The molecule has 17 heavy (non-hydrogen) atoms. The van der Waals surface area contributed by atoms with Crippen molar-refractivity contribution in [2.24, 2.45) is 7.05 Å². The van der Waals surface area contributed by atoms with Gasteiger partial charge in [0.25, 0.3) is 0 Å². The van der Waals surface area contributed by atoms with E-state index in [4.69, 9.17) is 4.74 Å². The van der Waals surface area contributed by atoms with Gasteiger partial charge in [0.15, 0.2) is 0 Å². The van der Waals surface area contributed by atoms with Crippen LogP contribution in [0.25, 0.3) is 16.5 Å². The number of hydrogen-bond acceptors (Lipinski definition) is 1. The number of benzene rings is 1. The molecule has 0 aliphatic rings. The first-order chi connectivity index (χ1) is 8.17. The first-order valence-corrected chi connectivity index (χ1v) is 5.98. The predicted molar refractivity (Wildman–Crippen MR) is 73.4 cm³/mol. The molecular formula is C15H19NO. The van der Waals surface area contributed by atoms with Crippen LogP contribution in [0.5, 0.6) is 5.75 Å². The lowest BCUT2D eigenvalue weighted by atomic mass is 10.0. The maximum absolute atomic E-state index is 5.29. The minimum Gasteiger partial charge on any atom is -0.497 e. The molecule has 0 aliphatic heterocycles. The molecule has 1 aromatic heterocycles. The largest absolute Gasteiger partial charge is 0.497 e. The van der Waals surface area contributed by atoms with E-state index in [0.29, 0.717) is 0 Å². The number of rotatable bonds is 4. The lowest BCUT2D eigenvalue weighted by Crippen LogP contribution is -1.85. The number of aryl methyl sites for hydroxylation is 1. The number of aromatic nitrogens is 1. The Morgan fingerprint density at radius 2 is 2.18 bits per heavy atom. The summed E-state index contributed by atoms with van der Waals surface area (Å²) in [7, 11) is 3.77. The number of allylic oxidation sites excluding steroid dienone is 1. The minimum atomic E-state index is 0.897. The van der Waals surface area contributed by atoms with Gasteiger partial charge >= 0.3 is 0 Å². The Kier molecular flexibility index (Phi) is 3.23. The summed E-state index contributed by atoms with van der Waals surface area (Å²) in [4.78, 5) is 0. The summed E-state index contributed by atoms with van der Waals surface area (Å²) in [5, 5.41) is 1.23. The van der Waals surface area contributed by atoms with E-state index in [9.17, 15) is 0 Å². The van der Waals surface area contributed by atoms with Gasteiger partial charge < -0.3 is 9.30 Å². The summed E-state index contributed by atoms with van der Waals surface area (Å²) < 4.78 is 7.43. The third kappa shape index (κ3) is 2.07. The summed E-state index contributed by atoms with van der Waals surface area (Å²) in [6.45, 7) is 6.36. The maximum atomic E-state index is 5.29. The van der Waals surface area contributed by atoms with E-state index in [2.05, 4.69) is 43.4 Å². The lowest BCUT2D eigenvalue weighted by Gasteiger charge is -2.04. The molecule has 0 aliphatic carbocycles. The second-order valence-corrected chi connectivity index (χ2v) is 4.39. The Balaban J connectivity index is 2.58. The number of hydrogen-bond donors (Lipinski definition) is 0. The molecular weight excluding hydrogens is 210 g/mol. The van der Waals surface area contributed by atoms with E-state index in [1.807, 2.05) is 6.07 Å². The van der Waals surface area contributed by atoms with E-state index >= 15 is 0 Å². The molecule has 0 unspecified atom stereocenters. The van der Waals surface area contributed by atoms with Crippen LogP contribution in [0, 0.1) is 0 Å². The molecule has 0 amide bonds. The van der Waals surface area contributed by atoms with Crippen molar-refractivity contribution in [1.82, 2.24) is 4.57 Å². The molecule has 0 saturated carbocycles. The van der Waals surface area contributed by atoms with Crippen LogP contribution in [0.4, 0.5) is 0 Å². The summed E-state index contributed by atoms with van der Waals surface area (Å²) >= 11 is 0. The van der Waals surface area contributed by atoms with Crippen molar-refractivity contribution in [3.8, 4) is 5.75 Å². The molecule has 2 nitrogen and oxygen atoms in total. The molecule has 2 aromatic rings. The van der Waals surface area contributed by atoms with E-state index in [1.54, 1.807) is 7.11 Å². The summed E-state index contributed by atoms with van der Waals surface area (Å²) in [5.74, 6) is 0.897. The first-order valence-electron chi connectivity index (χ1n) is 5.98. The smallest absolute Gasteiger partial charge is 0.119 e. The van der Waals surface area contributed by atoms with Crippen LogP contribution in [0.15, 0.2) is 31.0 Å². The molecule has 0 fully saturated rings. The maximum Gasteiger partial charge on any atom is 0.119 e. The highest BCUT2D eigenvalue weighted by Gasteiger charge is 2.09. The van der Waals surface area contributed by atoms with Crippen molar-refractivity contribution >= 4 is 16.5 Å². The van der Waals surface area contributed by atoms with Gasteiger partial charge in [0.05, 0.1) is 7.11 Å². The third-order valence-electron chi connectivity index (χ3n) is 3.13. The van der Waals surface area contributed by atoms with Crippen LogP contribution in [0.2, 0.25) is 0 Å². The molecule has 0 N–H and O–H groups in total. The van der Waals surface area contributed by atoms with Crippen LogP contribution in [0.3, 0.4) is 0 Å². The van der Waals surface area contributed by atoms with E-state index < -0.39 is 0 Å². The zero-order chi connectivity index (χ0) is 12.4. The van der Waals surface area contributed by atoms with E-state index in [1.165, 1.54) is 22.0 Å². The SMILES string of the molecule is C=C(CCC)c1cn(C)c2ccc(OC)cc12. The Morgan fingerprint density at radius 1 is 1.41 bits per heavy atom. The number of nitrogens with zero attached hydrogens (tertiary/aromatic N) is 1. The summed E-state index contributed by atoms with van der Waals surface area (Å²) in [6, 6.07) is 6.18. The Bertz CT molecular complexity index is 551. The molecule has 0 spiro atoms. The van der Waals surface area contributed by atoms with Crippen molar-refractivity contribution in [3.63, 3.8) is 0 Å². The van der Waals surface area contributed by atoms with E-state index in [0.717, 1.165) is 18.6 Å². The van der Waals surface area contributed by atoms with Crippen molar-refractivity contribution < 1.29 is 4.74 Å². The molecule has 1 heterocycles. The average Bonchev–Trinajstić information content (AvgIpc) is 2.66. The summed E-state index contributed by atoms with van der Waals surface area (Å²) in [6.07, 6.45) is 4.32. The molecule has 2 heteroatoms. The zero-order valence-corrected chi connectivity index (χ0v) is 10.8. The van der Waals surface area contributed by atoms with Crippen LogP contribution in [0.1, 0.15) is 25.3 Å². The Hall–Kier alpha value is -1.70. The molecule has 0 atom stereocenters. The fourth-order valence-electron chi connectivity index (χ4n) is 2.22. The fourth-order valence-corrected chi connectivity index (χ4v) is 2.22. The van der Waals surface area contributed by atoms with Crippen molar-refractivity contribution in [2.75, 3.05) is 7.11 Å². The van der Waals surface area contributed by atoms with Gasteiger partial charge in [-0.25, -0.2) is 0 Å². The van der Waals surface area contributed by atoms with Crippen molar-refractivity contribution in [3.05, 3.63) is 36.5 Å². The second kappa shape index (κ2) is 4.66. The highest BCUT2D eigenvalue weighted by Crippen LogP contribution is 2.30. The summed E-state index contributed by atoms with van der Waals surface area (Å²) in [5.41, 5.74) is 3.66. The zero-order valence-electron chi connectivity index (χ0n) is 10.8. The van der Waals surface area contributed by atoms with Crippen molar-refractivity contribution in [1.29, 1.82) is 0 Å². The van der Waals surface area contributed by atoms with Crippen LogP contribution in [-0.2, 0) is 7.05 Å². The molecule has 0 radical (unpaired) electrons. The molecule has 90 valence electrons. The van der Waals surface area contributed by atoms with Gasteiger partial charge in [-0.3, -0.25) is 0 Å². The highest BCUT2D eigenvalue weighted by molar-refractivity contribution is 5.93. The van der Waals surface area contributed by atoms with Crippen LogP contribution in [-0.4, -0.2) is 11.7 Å². The molecule has 0 saturated heterocycles. The Morgan fingerprint density at radius 3 is 2.82 bits per heavy atom. The predicted octanol–water partition coefficient (Wildman–Crippen LogP) is 4.00. The first kappa shape index (κ1) is 11.8. The minimum absolute atomic E-state index is 0.897. The van der Waals surface area contributed by atoms with Gasteiger partial charge in [-0.05, 0) is 30.2 Å².